The van der Waals surface area contributed by atoms with Crippen molar-refractivity contribution in [2.75, 3.05) is 0 Å². The summed E-state index contributed by atoms with van der Waals surface area (Å²) in [6, 6.07) is 20.1. The molecule has 5 rings (SSSR count). The lowest BCUT2D eigenvalue weighted by atomic mass is 9.91. The third-order valence-electron chi connectivity index (χ3n) is 5.94. The van der Waals surface area contributed by atoms with Gasteiger partial charge >= 0.3 is 11.9 Å². The molecule has 7 nitrogen and oxygen atoms in total. The van der Waals surface area contributed by atoms with Crippen LogP contribution in [0.15, 0.2) is 91.1 Å². The highest BCUT2D eigenvalue weighted by molar-refractivity contribution is 14.1. The second-order valence-corrected chi connectivity index (χ2v) is 14.8. The second kappa shape index (κ2) is 12.2. The van der Waals surface area contributed by atoms with Crippen LogP contribution in [0.4, 0.5) is 0 Å². The molecule has 0 saturated carbocycles. The minimum Gasteiger partial charge on any atom is -0.423 e. The van der Waals surface area contributed by atoms with Gasteiger partial charge in [-0.05, 0) is 123 Å². The summed E-state index contributed by atoms with van der Waals surface area (Å²) in [6.45, 7) is 0. The van der Waals surface area contributed by atoms with E-state index in [0.29, 0.717) is 36.2 Å². The van der Waals surface area contributed by atoms with Crippen LogP contribution in [0.25, 0.3) is 21.5 Å². The molecule has 5 aromatic rings. The van der Waals surface area contributed by atoms with E-state index in [0.717, 1.165) is 4.47 Å². The number of halogens is 5. The summed E-state index contributed by atoms with van der Waals surface area (Å²) < 4.78 is 47.0. The zero-order valence-corrected chi connectivity index (χ0v) is 30.0. The van der Waals surface area contributed by atoms with Crippen LogP contribution >= 0.6 is 93.0 Å². The normalized spacial score (nSPS) is 11.6. The Kier molecular flexibility index (Phi) is 9.14. The lowest BCUT2D eigenvalue weighted by molar-refractivity contribution is 0.0725. The maximum absolute atomic E-state index is 13.7. The van der Waals surface area contributed by atoms with Gasteiger partial charge in [0, 0.05) is 11.6 Å². The molecule has 5 aromatic carbocycles. The van der Waals surface area contributed by atoms with Crippen molar-refractivity contribution in [1.29, 1.82) is 0 Å². The molecule has 0 radical (unpaired) electrons. The van der Waals surface area contributed by atoms with Gasteiger partial charge in [0.05, 0.1) is 20.1 Å². The second-order valence-electron chi connectivity index (χ2n) is 8.51. The van der Waals surface area contributed by atoms with Gasteiger partial charge in [0.25, 0.3) is 10.1 Å². The maximum atomic E-state index is 13.7. The van der Waals surface area contributed by atoms with Gasteiger partial charge in [0.1, 0.15) is 10.6 Å². The fourth-order valence-electron chi connectivity index (χ4n) is 4.34. The number of ether oxygens (including phenoxy) is 2. The number of fused-ring (bicyclic) bond motifs is 2. The molecule has 0 aliphatic heterocycles. The lowest BCUT2D eigenvalue weighted by Crippen LogP contribution is -2.15. The number of hydrogen-bond donors (Lipinski definition) is 1. The maximum Gasteiger partial charge on any atom is 0.344 e. The first-order valence-corrected chi connectivity index (χ1v) is 17.3. The molecular weight excluding hydrogens is 974 g/mol. The first-order chi connectivity index (χ1) is 19.4. The van der Waals surface area contributed by atoms with Crippen molar-refractivity contribution in [3.63, 3.8) is 0 Å². The minimum absolute atomic E-state index is 0.0952. The van der Waals surface area contributed by atoms with Crippen LogP contribution in [-0.4, -0.2) is 24.9 Å². The molecular formula is C28H13Br3I2O7S. The van der Waals surface area contributed by atoms with Crippen LogP contribution in [-0.2, 0) is 10.1 Å². The molecule has 0 spiro atoms. The zero-order chi connectivity index (χ0) is 29.6. The van der Waals surface area contributed by atoms with E-state index in [1.54, 1.807) is 106 Å². The van der Waals surface area contributed by atoms with Gasteiger partial charge in [0.15, 0.2) is 5.75 Å². The van der Waals surface area contributed by atoms with Crippen molar-refractivity contribution < 1.29 is 32.0 Å². The molecule has 0 fully saturated rings. The van der Waals surface area contributed by atoms with Gasteiger partial charge in [0.2, 0.25) is 0 Å². The molecule has 0 saturated heterocycles. The van der Waals surface area contributed by atoms with Gasteiger partial charge in [-0.15, -0.1) is 0 Å². The Labute approximate surface area is 286 Å². The molecule has 1 N–H and O–H groups in total. The third-order valence-corrected chi connectivity index (χ3v) is 11.0. The molecule has 0 heterocycles. The zero-order valence-electron chi connectivity index (χ0n) is 20.1. The molecule has 0 aliphatic carbocycles. The quantitative estimate of drug-likeness (QED) is 0.0616. The summed E-state index contributed by atoms with van der Waals surface area (Å²) in [4.78, 5) is 27.2. The van der Waals surface area contributed by atoms with Crippen molar-refractivity contribution in [1.82, 2.24) is 0 Å². The fourth-order valence-corrected chi connectivity index (χ4v) is 10.8. The summed E-state index contributed by atoms with van der Waals surface area (Å²) in [5, 5.41) is 1.91. The van der Waals surface area contributed by atoms with Crippen molar-refractivity contribution >= 4 is 137 Å². The smallest absolute Gasteiger partial charge is 0.344 e. The Morgan fingerprint density at radius 1 is 0.683 bits per heavy atom. The first kappa shape index (κ1) is 30.8. The average molecular weight is 987 g/mol. The van der Waals surface area contributed by atoms with E-state index in [1.165, 1.54) is 12.1 Å². The number of carbonyl (C=O) groups excluding carboxylic acids is 2. The van der Waals surface area contributed by atoms with Crippen molar-refractivity contribution in [2.45, 2.75) is 4.90 Å². The summed E-state index contributed by atoms with van der Waals surface area (Å²) in [7, 11) is -4.47. The van der Waals surface area contributed by atoms with Gasteiger partial charge in [-0.2, -0.15) is 8.42 Å². The number of hydrogen-bond acceptors (Lipinski definition) is 6. The Hall–Kier alpha value is -1.63. The fraction of sp³-hybridized carbons (Fsp3) is 0. The molecule has 41 heavy (non-hydrogen) atoms. The summed E-state index contributed by atoms with van der Waals surface area (Å²) in [5.74, 6) is -0.932. The number of benzene rings is 5. The van der Waals surface area contributed by atoms with Gasteiger partial charge in [-0.25, -0.2) is 9.59 Å². The first-order valence-electron chi connectivity index (χ1n) is 11.4. The number of esters is 2. The van der Waals surface area contributed by atoms with E-state index in [2.05, 4.69) is 47.8 Å². The van der Waals surface area contributed by atoms with Gasteiger partial charge in [-0.1, -0.05) is 64.5 Å². The highest BCUT2D eigenvalue weighted by atomic mass is 127. The highest BCUT2D eigenvalue weighted by Gasteiger charge is 2.26. The van der Waals surface area contributed by atoms with E-state index in [9.17, 15) is 22.6 Å². The number of rotatable bonds is 5. The van der Waals surface area contributed by atoms with Crippen LogP contribution in [0.5, 0.6) is 11.5 Å². The Bertz CT molecular complexity index is 1930. The largest absolute Gasteiger partial charge is 0.423 e. The molecule has 0 bridgehead atoms. The monoisotopic (exact) mass is 984 g/mol. The molecule has 0 aliphatic rings. The SMILES string of the molecule is O=C(Oc1cc(I)c(S(=O)(=O)O)c(I)c1)c1c2ccccc2c(C(=O)Oc2c(Br)cc(Br)cc2Br)c2ccccc12. The Morgan fingerprint density at radius 2 is 1.07 bits per heavy atom. The van der Waals surface area contributed by atoms with Crippen LogP contribution in [0.3, 0.4) is 0 Å². The van der Waals surface area contributed by atoms with Gasteiger partial charge < -0.3 is 9.47 Å². The molecule has 0 atom stereocenters. The van der Waals surface area contributed by atoms with Crippen LogP contribution in [0.1, 0.15) is 20.7 Å². The van der Waals surface area contributed by atoms with E-state index in [-0.39, 0.29) is 28.9 Å². The Morgan fingerprint density at radius 3 is 1.46 bits per heavy atom. The van der Waals surface area contributed by atoms with Crippen molar-refractivity contribution in [2.24, 2.45) is 0 Å². The van der Waals surface area contributed by atoms with Crippen LogP contribution in [0, 0.1) is 7.14 Å². The summed E-state index contributed by atoms with van der Waals surface area (Å²) >= 11 is 13.8. The number of carbonyl (C=O) groups is 2. The topological polar surface area (TPSA) is 107 Å². The summed E-state index contributed by atoms with van der Waals surface area (Å²) in [6.07, 6.45) is 0. The predicted molar refractivity (Wildman–Crippen MR) is 183 cm³/mol. The highest BCUT2D eigenvalue weighted by Crippen LogP contribution is 2.39. The van der Waals surface area contributed by atoms with E-state index < -0.39 is 22.1 Å². The molecule has 0 unspecified atom stereocenters. The van der Waals surface area contributed by atoms with E-state index in [1.807, 2.05) is 0 Å². The lowest BCUT2D eigenvalue weighted by Gasteiger charge is -2.17. The molecule has 13 heteroatoms. The van der Waals surface area contributed by atoms with Crippen LogP contribution in [0.2, 0.25) is 0 Å². The molecule has 208 valence electrons. The summed E-state index contributed by atoms with van der Waals surface area (Å²) in [5.41, 5.74) is 0.499. The molecule has 0 amide bonds. The average Bonchev–Trinajstić information content (AvgIpc) is 2.87. The molecule has 0 aromatic heterocycles. The van der Waals surface area contributed by atoms with E-state index >= 15 is 0 Å². The third kappa shape index (κ3) is 6.21. The van der Waals surface area contributed by atoms with E-state index in [4.69, 9.17) is 9.47 Å². The minimum atomic E-state index is -4.47. The van der Waals surface area contributed by atoms with Crippen LogP contribution < -0.4 is 9.47 Å². The predicted octanol–water partition coefficient (Wildman–Crippen LogP) is 9.17. The Balaban J connectivity index is 1.65. The van der Waals surface area contributed by atoms with Gasteiger partial charge in [-0.3, -0.25) is 4.55 Å². The standard InChI is InChI=1S/C28H13Br3I2O7S/c29-13-9-19(30)25(20(31)10-13)40-28(35)24-17-7-3-1-5-15(17)23(16-6-2-4-8-18(16)24)27(34)39-14-11-21(32)26(22(33)12-14)41(36,37)38/h1-12H,(H,36,37,38). The van der Waals surface area contributed by atoms with Crippen molar-refractivity contribution in [3.05, 3.63) is 104 Å². The van der Waals surface area contributed by atoms with Crippen molar-refractivity contribution in [3.8, 4) is 11.5 Å².